The lowest BCUT2D eigenvalue weighted by Crippen LogP contribution is -2.64. The van der Waals surface area contributed by atoms with E-state index in [2.05, 4.69) is 0 Å². The third-order valence-corrected chi connectivity index (χ3v) is 7.15. The van der Waals surface area contributed by atoms with E-state index in [0.29, 0.717) is 12.0 Å². The van der Waals surface area contributed by atoms with E-state index < -0.39 is 74.0 Å². The second-order valence-corrected chi connectivity index (χ2v) is 10.3. The number of aliphatic hydroxyl groups excluding tert-OH is 5. The van der Waals surface area contributed by atoms with Gasteiger partial charge in [0.1, 0.15) is 55.1 Å². The maximum Gasteiger partial charge on any atom is 0.330 e. The fraction of sp³-hybridized carbons (Fsp3) is 0.483. The Balaban J connectivity index is 1.43. The van der Waals surface area contributed by atoms with Crippen LogP contribution in [0.2, 0.25) is 0 Å². The molecule has 10 atom stereocenters. The molecule has 8 N–H and O–H groups in total. The van der Waals surface area contributed by atoms with Crippen LogP contribution in [0.1, 0.15) is 18.1 Å². The Labute approximate surface area is 246 Å². The molecular weight excluding hydrogens is 572 g/mol. The Kier molecular flexibility index (Phi) is 10.9. The smallest absolute Gasteiger partial charge is 0.330 e. The molecule has 0 bridgehead atoms. The van der Waals surface area contributed by atoms with Gasteiger partial charge in [-0.15, -0.1) is 0 Å². The lowest BCUT2D eigenvalue weighted by Gasteiger charge is -2.45. The minimum absolute atomic E-state index is 0.0362. The van der Waals surface area contributed by atoms with Gasteiger partial charge in [-0.05, 0) is 54.8 Å². The van der Waals surface area contributed by atoms with Crippen LogP contribution in [-0.4, -0.2) is 121 Å². The van der Waals surface area contributed by atoms with Crippen molar-refractivity contribution in [3.05, 3.63) is 59.7 Å². The van der Waals surface area contributed by atoms with Crippen molar-refractivity contribution in [3.63, 3.8) is 0 Å². The summed E-state index contributed by atoms with van der Waals surface area (Å²) in [5, 5.41) is 81.1. The molecule has 0 aromatic heterocycles. The molecule has 2 fully saturated rings. The maximum atomic E-state index is 12.4. The molecule has 2 heterocycles. The van der Waals surface area contributed by atoms with Crippen molar-refractivity contribution in [2.45, 2.75) is 74.8 Å². The van der Waals surface area contributed by atoms with Crippen molar-refractivity contribution >= 4 is 12.0 Å². The summed E-state index contributed by atoms with van der Waals surface area (Å²) in [6.07, 6.45) is -11.9. The van der Waals surface area contributed by atoms with Gasteiger partial charge in [0.15, 0.2) is 24.1 Å². The average Bonchev–Trinajstić information content (AvgIpc) is 2.98. The van der Waals surface area contributed by atoms with Crippen LogP contribution in [0.4, 0.5) is 0 Å². The van der Waals surface area contributed by atoms with Crippen LogP contribution in [-0.2, 0) is 34.9 Å². The molecule has 0 amide bonds. The summed E-state index contributed by atoms with van der Waals surface area (Å²) in [6.45, 7) is 0.966. The summed E-state index contributed by atoms with van der Waals surface area (Å²) >= 11 is 0. The molecule has 2 aliphatic heterocycles. The molecule has 2 aromatic rings. The molecular formula is C29H36O14. The van der Waals surface area contributed by atoms with E-state index >= 15 is 0 Å². The highest BCUT2D eigenvalue weighted by Gasteiger charge is 2.50. The molecule has 0 saturated carbocycles. The third-order valence-electron chi connectivity index (χ3n) is 7.15. The van der Waals surface area contributed by atoms with Gasteiger partial charge in [0.2, 0.25) is 0 Å². The number of aliphatic hydroxyl groups is 5. The zero-order valence-electron chi connectivity index (χ0n) is 23.1. The molecule has 10 unspecified atom stereocenters. The van der Waals surface area contributed by atoms with Gasteiger partial charge in [0.05, 0.1) is 12.7 Å². The fourth-order valence-electron chi connectivity index (χ4n) is 4.60. The van der Waals surface area contributed by atoms with Gasteiger partial charge in [0.25, 0.3) is 0 Å². The predicted octanol–water partition coefficient (Wildman–Crippen LogP) is -0.722. The van der Waals surface area contributed by atoms with E-state index in [1.165, 1.54) is 43.3 Å². The number of phenolic OH excluding ortho intramolecular Hbond substituents is 3. The Hall–Kier alpha value is -3.31. The number of benzene rings is 2. The van der Waals surface area contributed by atoms with Crippen molar-refractivity contribution in [1.82, 2.24) is 0 Å². The van der Waals surface area contributed by atoms with E-state index in [4.69, 9.17) is 23.7 Å². The standard InChI is InChI=1S/C29H36O14/c1-14-22(34)24(36)25(37)29(41-14)43-27-23(35)20(13-40-21(33)9-5-16-4-8-18(31)19(32)12-16)42-28(26(27)38)39-11-10-15-2-6-17(30)7-3-15/h2-9,12,14,20,22-32,34-38H,10-11,13H2,1H3. The average molecular weight is 609 g/mol. The van der Waals surface area contributed by atoms with Gasteiger partial charge >= 0.3 is 5.97 Å². The van der Waals surface area contributed by atoms with Crippen molar-refractivity contribution in [2.24, 2.45) is 0 Å². The SMILES string of the molecule is CC1OC(OC2C(O)C(COC(=O)C=Cc3ccc(O)c(O)c3)OC(OCCc3ccc(O)cc3)C2O)C(O)C(O)C1O. The Morgan fingerprint density at radius 2 is 1.56 bits per heavy atom. The molecule has 4 rings (SSSR count). The lowest BCUT2D eigenvalue weighted by atomic mass is 9.97. The molecule has 2 aliphatic rings. The highest BCUT2D eigenvalue weighted by Crippen LogP contribution is 2.30. The molecule has 236 valence electrons. The quantitative estimate of drug-likeness (QED) is 0.0947. The molecule has 2 aromatic carbocycles. The van der Waals surface area contributed by atoms with Gasteiger partial charge < -0.3 is 64.5 Å². The predicted molar refractivity (Wildman–Crippen MR) is 145 cm³/mol. The zero-order valence-corrected chi connectivity index (χ0v) is 23.1. The highest BCUT2D eigenvalue weighted by molar-refractivity contribution is 5.87. The number of carbonyl (C=O) groups is 1. The van der Waals surface area contributed by atoms with E-state index in [-0.39, 0.29) is 23.9 Å². The topological polar surface area (TPSA) is 225 Å². The minimum atomic E-state index is -1.72. The number of ether oxygens (including phenoxy) is 5. The number of aromatic hydroxyl groups is 3. The van der Waals surface area contributed by atoms with Crippen molar-refractivity contribution in [2.75, 3.05) is 13.2 Å². The van der Waals surface area contributed by atoms with Gasteiger partial charge in [-0.1, -0.05) is 18.2 Å². The van der Waals surface area contributed by atoms with Crippen LogP contribution in [0.5, 0.6) is 17.2 Å². The van der Waals surface area contributed by atoms with Crippen molar-refractivity contribution in [3.8, 4) is 17.2 Å². The largest absolute Gasteiger partial charge is 0.508 e. The van der Waals surface area contributed by atoms with Gasteiger partial charge in [-0.25, -0.2) is 4.79 Å². The monoisotopic (exact) mass is 608 g/mol. The van der Waals surface area contributed by atoms with Gasteiger partial charge in [-0.3, -0.25) is 0 Å². The molecule has 14 heteroatoms. The normalized spacial score (nSPS) is 33.0. The molecule has 0 radical (unpaired) electrons. The molecule has 2 saturated heterocycles. The summed E-state index contributed by atoms with van der Waals surface area (Å²) < 4.78 is 27.8. The summed E-state index contributed by atoms with van der Waals surface area (Å²) in [5.41, 5.74) is 1.21. The zero-order chi connectivity index (χ0) is 31.3. The first-order valence-corrected chi connectivity index (χ1v) is 13.6. The molecule has 0 aliphatic carbocycles. The van der Waals surface area contributed by atoms with Crippen molar-refractivity contribution < 1.29 is 69.3 Å². The van der Waals surface area contributed by atoms with E-state index in [1.54, 1.807) is 12.1 Å². The summed E-state index contributed by atoms with van der Waals surface area (Å²) in [6, 6.07) is 10.3. The number of phenols is 3. The Bertz CT molecular complexity index is 1240. The Morgan fingerprint density at radius 3 is 2.26 bits per heavy atom. The lowest BCUT2D eigenvalue weighted by molar-refractivity contribution is -0.357. The fourth-order valence-corrected chi connectivity index (χ4v) is 4.60. The van der Waals surface area contributed by atoms with E-state index in [9.17, 15) is 45.6 Å². The van der Waals surface area contributed by atoms with Crippen LogP contribution < -0.4 is 0 Å². The molecule has 43 heavy (non-hydrogen) atoms. The first-order valence-electron chi connectivity index (χ1n) is 13.6. The minimum Gasteiger partial charge on any atom is -0.508 e. The number of esters is 1. The van der Waals surface area contributed by atoms with Crippen LogP contribution in [0.3, 0.4) is 0 Å². The number of hydrogen-bond acceptors (Lipinski definition) is 14. The van der Waals surface area contributed by atoms with Crippen molar-refractivity contribution in [1.29, 1.82) is 0 Å². The summed E-state index contributed by atoms with van der Waals surface area (Å²) in [5.74, 6) is -1.45. The third kappa shape index (κ3) is 8.20. The second-order valence-electron chi connectivity index (χ2n) is 10.3. The van der Waals surface area contributed by atoms with Gasteiger partial charge in [-0.2, -0.15) is 0 Å². The van der Waals surface area contributed by atoms with Crippen LogP contribution >= 0.6 is 0 Å². The van der Waals surface area contributed by atoms with E-state index in [1.807, 2.05) is 0 Å². The molecule has 14 nitrogen and oxygen atoms in total. The van der Waals surface area contributed by atoms with Gasteiger partial charge in [0, 0.05) is 6.08 Å². The summed E-state index contributed by atoms with van der Waals surface area (Å²) in [7, 11) is 0. The highest BCUT2D eigenvalue weighted by atomic mass is 16.7. The van der Waals surface area contributed by atoms with Crippen LogP contribution in [0.15, 0.2) is 48.5 Å². The number of carbonyl (C=O) groups excluding carboxylic acids is 1. The number of rotatable bonds is 10. The van der Waals surface area contributed by atoms with E-state index in [0.717, 1.165) is 11.6 Å². The molecule has 0 spiro atoms. The second kappa shape index (κ2) is 14.4. The first-order chi connectivity index (χ1) is 20.4. The number of hydrogen-bond donors (Lipinski definition) is 8. The Morgan fingerprint density at radius 1 is 0.837 bits per heavy atom. The summed E-state index contributed by atoms with van der Waals surface area (Å²) in [4.78, 5) is 12.4. The first kappa shape index (κ1) is 32.6. The van der Waals surface area contributed by atoms with Crippen LogP contribution in [0, 0.1) is 0 Å². The van der Waals surface area contributed by atoms with Crippen LogP contribution in [0.25, 0.3) is 6.08 Å². The maximum absolute atomic E-state index is 12.4.